The first-order valence-corrected chi connectivity index (χ1v) is 10.7. The lowest BCUT2D eigenvalue weighted by Gasteiger charge is -2.14. The average molecular weight is 471 g/mol. The van der Waals surface area contributed by atoms with Crippen LogP contribution in [0.4, 0.5) is 20.3 Å². The van der Waals surface area contributed by atoms with Crippen LogP contribution in [0.15, 0.2) is 83.0 Å². The molecule has 33 heavy (non-hydrogen) atoms. The molecule has 0 unspecified atom stereocenters. The number of benzene rings is 2. The Morgan fingerprint density at radius 1 is 1.03 bits per heavy atom. The molecule has 2 heterocycles. The Kier molecular flexibility index (Phi) is 6.89. The summed E-state index contributed by atoms with van der Waals surface area (Å²) in [7, 11) is 1.60. The Morgan fingerprint density at radius 2 is 1.76 bits per heavy atom. The Labute approximate surface area is 191 Å². The molecule has 170 valence electrons. The van der Waals surface area contributed by atoms with E-state index in [1.165, 1.54) is 40.7 Å². The van der Waals surface area contributed by atoms with E-state index >= 15 is 0 Å². The van der Waals surface area contributed by atoms with E-state index in [2.05, 4.69) is 20.3 Å². The zero-order chi connectivity index (χ0) is 23.2. The number of nitrogens with zero attached hydrogens (tertiary/aromatic N) is 4. The second-order valence-corrected chi connectivity index (χ2v) is 7.58. The van der Waals surface area contributed by atoms with Gasteiger partial charge in [0.05, 0.1) is 7.11 Å². The number of para-hydroxylation sites is 1. The van der Waals surface area contributed by atoms with Crippen molar-refractivity contribution in [3.05, 3.63) is 89.0 Å². The van der Waals surface area contributed by atoms with Gasteiger partial charge in [0.2, 0.25) is 11.0 Å². The fourth-order valence-corrected chi connectivity index (χ4v) is 3.94. The summed E-state index contributed by atoms with van der Waals surface area (Å²) in [5.74, 6) is 1.24. The molecule has 4 aromatic rings. The van der Waals surface area contributed by atoms with E-state index in [4.69, 9.17) is 4.74 Å². The lowest BCUT2D eigenvalue weighted by molar-refractivity contribution is -0.0498. The summed E-state index contributed by atoms with van der Waals surface area (Å²) >= 11 is 1.34. The van der Waals surface area contributed by atoms with Crippen LogP contribution < -0.4 is 20.3 Å². The van der Waals surface area contributed by atoms with Gasteiger partial charge in [-0.2, -0.15) is 13.5 Å². The molecule has 0 atom stereocenters. The highest BCUT2D eigenvalue weighted by Gasteiger charge is 2.15. The molecule has 0 radical (unpaired) electrons. The zero-order valence-corrected chi connectivity index (χ0v) is 18.2. The highest BCUT2D eigenvalue weighted by Crippen LogP contribution is 2.26. The molecule has 0 saturated heterocycles. The summed E-state index contributed by atoms with van der Waals surface area (Å²) in [5.41, 5.74) is 0.986. The smallest absolute Gasteiger partial charge is 0.387 e. The number of aromatic nitrogens is 4. The van der Waals surface area contributed by atoms with Crippen molar-refractivity contribution in [3.8, 4) is 11.5 Å². The summed E-state index contributed by atoms with van der Waals surface area (Å²) < 4.78 is 37.4. The molecule has 0 aliphatic carbocycles. The lowest BCUT2D eigenvalue weighted by Crippen LogP contribution is -2.30. The maximum atomic E-state index is 13.3. The molecule has 0 aliphatic rings. The topological polar surface area (TPSA) is 83.2 Å². The van der Waals surface area contributed by atoms with Crippen LogP contribution in [0.2, 0.25) is 0 Å². The van der Waals surface area contributed by atoms with E-state index < -0.39 is 12.2 Å². The number of hydrogen-bond acceptors (Lipinski definition) is 7. The summed E-state index contributed by atoms with van der Waals surface area (Å²) in [6.07, 6.45) is 3.44. The average Bonchev–Trinajstić information content (AvgIpc) is 3.34. The molecule has 4 rings (SSSR count). The number of alkyl halides is 2. The van der Waals surface area contributed by atoms with Crippen molar-refractivity contribution in [1.82, 2.24) is 19.5 Å². The third kappa shape index (κ3) is 5.32. The number of halogens is 2. The van der Waals surface area contributed by atoms with Crippen molar-refractivity contribution in [2.45, 2.75) is 17.5 Å². The van der Waals surface area contributed by atoms with E-state index in [0.29, 0.717) is 16.6 Å². The van der Waals surface area contributed by atoms with E-state index in [1.807, 2.05) is 24.3 Å². The number of methoxy groups -OCH3 is 1. The molecule has 0 amide bonds. The maximum Gasteiger partial charge on any atom is 0.387 e. The summed E-state index contributed by atoms with van der Waals surface area (Å²) in [5, 5.41) is 11.6. The first-order valence-electron chi connectivity index (χ1n) is 9.75. The molecular weight excluding hydrogens is 452 g/mol. The third-order valence-corrected chi connectivity index (χ3v) is 5.49. The molecule has 0 spiro atoms. The van der Waals surface area contributed by atoms with E-state index in [9.17, 15) is 13.6 Å². The van der Waals surface area contributed by atoms with Crippen molar-refractivity contribution in [2.24, 2.45) is 0 Å². The molecule has 2 aromatic carbocycles. The molecule has 8 nitrogen and oxygen atoms in total. The molecule has 0 fully saturated rings. The Balaban J connectivity index is 1.62. The molecular formula is C22H19F2N5O3S. The van der Waals surface area contributed by atoms with Crippen LogP contribution in [0.5, 0.6) is 11.5 Å². The third-order valence-electron chi connectivity index (χ3n) is 4.52. The fourth-order valence-electron chi connectivity index (χ4n) is 3.02. The summed E-state index contributed by atoms with van der Waals surface area (Å²) in [4.78, 5) is 13.3. The van der Waals surface area contributed by atoms with Gasteiger partial charge in [0.1, 0.15) is 11.5 Å². The number of rotatable bonds is 9. The lowest BCUT2D eigenvalue weighted by atomic mass is 10.2. The van der Waals surface area contributed by atoms with Gasteiger partial charge in [-0.1, -0.05) is 30.0 Å². The minimum absolute atomic E-state index is 0.00877. The predicted molar refractivity (Wildman–Crippen MR) is 120 cm³/mol. The first kappa shape index (κ1) is 22.3. The van der Waals surface area contributed by atoms with Crippen LogP contribution >= 0.6 is 11.8 Å². The van der Waals surface area contributed by atoms with E-state index in [-0.39, 0.29) is 11.6 Å². The second kappa shape index (κ2) is 10.2. The number of thioether (sulfide) groups is 1. The van der Waals surface area contributed by atoms with Crippen LogP contribution in [-0.4, -0.2) is 33.3 Å². The number of anilines is 2. The largest absolute Gasteiger partial charge is 0.496 e. The first-order chi connectivity index (χ1) is 16.0. The van der Waals surface area contributed by atoms with Gasteiger partial charge in [-0.15, -0.1) is 10.2 Å². The van der Waals surface area contributed by atoms with Crippen molar-refractivity contribution >= 4 is 23.3 Å². The molecule has 0 aliphatic heterocycles. The van der Waals surface area contributed by atoms with Crippen molar-refractivity contribution in [1.29, 1.82) is 0 Å². The fraction of sp³-hybridized carbons (Fsp3) is 0.136. The van der Waals surface area contributed by atoms with Gasteiger partial charge in [0.25, 0.3) is 0 Å². The van der Waals surface area contributed by atoms with Gasteiger partial charge < -0.3 is 14.8 Å². The van der Waals surface area contributed by atoms with Gasteiger partial charge >= 0.3 is 12.2 Å². The van der Waals surface area contributed by atoms with Crippen LogP contribution in [-0.2, 0) is 5.75 Å². The van der Waals surface area contributed by atoms with Crippen LogP contribution in [0, 0.1) is 0 Å². The van der Waals surface area contributed by atoms with Crippen molar-refractivity contribution < 1.29 is 18.3 Å². The zero-order valence-electron chi connectivity index (χ0n) is 17.4. The highest BCUT2D eigenvalue weighted by atomic mass is 32.2. The van der Waals surface area contributed by atoms with Crippen LogP contribution in [0.25, 0.3) is 0 Å². The SMILES string of the molecule is COc1ccccc1CSc1nnc(Nc2ccc(OC(F)F)cc2)c(=O)n1-n1cccc1. The monoisotopic (exact) mass is 471 g/mol. The normalized spacial score (nSPS) is 10.9. The Bertz CT molecular complexity index is 1260. The molecule has 0 saturated carbocycles. The Hall–Kier alpha value is -3.86. The van der Waals surface area contributed by atoms with Crippen LogP contribution in [0.3, 0.4) is 0 Å². The summed E-state index contributed by atoms with van der Waals surface area (Å²) in [6.45, 7) is -2.91. The minimum atomic E-state index is -2.91. The van der Waals surface area contributed by atoms with Crippen molar-refractivity contribution in [2.75, 3.05) is 12.4 Å². The van der Waals surface area contributed by atoms with Crippen molar-refractivity contribution in [3.63, 3.8) is 0 Å². The predicted octanol–water partition coefficient (Wildman–Crippen LogP) is 4.40. The number of hydrogen-bond donors (Lipinski definition) is 1. The van der Waals surface area contributed by atoms with Gasteiger partial charge in [-0.05, 0) is 42.5 Å². The number of nitrogens with one attached hydrogen (secondary N) is 1. The standard InChI is InChI=1S/C22H19F2N5O3S/c1-31-18-7-3-2-6-15(18)14-33-22-27-26-19(20(30)29(22)28-12-4-5-13-28)25-16-8-10-17(11-9-16)32-21(23)24/h2-13,21H,14H2,1H3,(H,25,26). The Morgan fingerprint density at radius 3 is 2.45 bits per heavy atom. The van der Waals surface area contributed by atoms with Gasteiger partial charge in [-0.3, -0.25) is 9.47 Å². The quantitative estimate of drug-likeness (QED) is 0.362. The second-order valence-electron chi connectivity index (χ2n) is 6.64. The number of ether oxygens (including phenoxy) is 2. The molecule has 11 heteroatoms. The van der Waals surface area contributed by atoms with Gasteiger partial charge in [-0.25, -0.2) is 0 Å². The van der Waals surface area contributed by atoms with Crippen LogP contribution in [0.1, 0.15) is 5.56 Å². The molecule has 2 aromatic heterocycles. The van der Waals surface area contributed by atoms with Gasteiger partial charge in [0.15, 0.2) is 0 Å². The van der Waals surface area contributed by atoms with Gasteiger partial charge in [0, 0.05) is 29.4 Å². The van der Waals surface area contributed by atoms with E-state index in [0.717, 1.165) is 11.3 Å². The minimum Gasteiger partial charge on any atom is -0.496 e. The molecule has 1 N–H and O–H groups in total. The highest BCUT2D eigenvalue weighted by molar-refractivity contribution is 7.98. The maximum absolute atomic E-state index is 13.3. The van der Waals surface area contributed by atoms with E-state index in [1.54, 1.807) is 36.3 Å². The molecule has 0 bridgehead atoms. The summed E-state index contributed by atoms with van der Waals surface area (Å²) in [6, 6.07) is 16.9.